The Balaban J connectivity index is 2.16. The molecule has 0 bridgehead atoms. The number of hydrogen-bond donors (Lipinski definition) is 2. The number of hydrogen-bond acceptors (Lipinski definition) is 4. The van der Waals surface area contributed by atoms with E-state index in [0.717, 1.165) is 0 Å². The van der Waals surface area contributed by atoms with Gasteiger partial charge in [-0.3, -0.25) is 0 Å². The van der Waals surface area contributed by atoms with Gasteiger partial charge in [0.15, 0.2) is 9.84 Å². The van der Waals surface area contributed by atoms with Gasteiger partial charge in [0.2, 0.25) is 0 Å². The Bertz CT molecular complexity index is 740. The van der Waals surface area contributed by atoms with Crippen molar-refractivity contribution in [3.8, 4) is 0 Å². The van der Waals surface area contributed by atoms with Crippen LogP contribution in [0, 0.1) is 5.92 Å². The number of furan rings is 1. The Morgan fingerprint density at radius 2 is 1.71 bits per heavy atom. The maximum Gasteiger partial charge on any atom is 0.314 e. The average molecular weight is 350 g/mol. The molecule has 24 heavy (non-hydrogen) atoms. The fraction of sp³-hybridized carbons (Fsp3) is 0.353. The van der Waals surface area contributed by atoms with Crippen molar-refractivity contribution in [3.63, 3.8) is 0 Å². The largest absolute Gasteiger partial charge is 0.468 e. The SMILES string of the molecule is CC(C)CNC(=O)NCC(c1ccco1)S(=O)(=O)c1ccccc1. The number of nitrogens with one attached hydrogen (secondary N) is 2. The average Bonchev–Trinajstić information content (AvgIpc) is 3.08. The van der Waals surface area contributed by atoms with Crippen molar-refractivity contribution >= 4 is 15.9 Å². The molecule has 1 atom stereocenters. The molecule has 1 heterocycles. The number of sulfone groups is 1. The summed E-state index contributed by atoms with van der Waals surface area (Å²) in [5, 5.41) is 4.33. The molecular weight excluding hydrogens is 328 g/mol. The maximum atomic E-state index is 12.9. The Morgan fingerprint density at radius 3 is 2.29 bits per heavy atom. The van der Waals surface area contributed by atoms with Crippen LogP contribution in [-0.4, -0.2) is 27.5 Å². The lowest BCUT2D eigenvalue weighted by molar-refractivity contribution is 0.239. The summed E-state index contributed by atoms with van der Waals surface area (Å²) in [5.74, 6) is 0.604. The molecule has 0 aliphatic carbocycles. The molecule has 130 valence electrons. The molecule has 0 aliphatic rings. The molecule has 7 heteroatoms. The number of amides is 2. The molecule has 1 aromatic carbocycles. The molecule has 0 radical (unpaired) electrons. The van der Waals surface area contributed by atoms with Gasteiger partial charge in [-0.05, 0) is 30.2 Å². The number of carbonyl (C=O) groups is 1. The molecule has 0 saturated heterocycles. The van der Waals surface area contributed by atoms with Crippen LogP contribution in [0.2, 0.25) is 0 Å². The summed E-state index contributed by atoms with van der Waals surface area (Å²) in [7, 11) is -3.69. The highest BCUT2D eigenvalue weighted by Gasteiger charge is 2.31. The summed E-state index contributed by atoms with van der Waals surface area (Å²) >= 11 is 0. The number of benzene rings is 1. The van der Waals surface area contributed by atoms with E-state index >= 15 is 0 Å². The van der Waals surface area contributed by atoms with Crippen LogP contribution in [0.3, 0.4) is 0 Å². The highest BCUT2D eigenvalue weighted by atomic mass is 32.2. The van der Waals surface area contributed by atoms with Gasteiger partial charge in [-0.15, -0.1) is 0 Å². The van der Waals surface area contributed by atoms with Gasteiger partial charge in [-0.1, -0.05) is 32.0 Å². The molecule has 1 aromatic heterocycles. The lowest BCUT2D eigenvalue weighted by Gasteiger charge is -2.17. The Kier molecular flexibility index (Phi) is 6.03. The first-order valence-corrected chi connectivity index (χ1v) is 9.30. The van der Waals surface area contributed by atoms with Crippen molar-refractivity contribution in [2.45, 2.75) is 24.0 Å². The number of urea groups is 1. The van der Waals surface area contributed by atoms with Crippen LogP contribution in [0.25, 0.3) is 0 Å². The van der Waals surface area contributed by atoms with Crippen LogP contribution in [0.4, 0.5) is 4.79 Å². The standard InChI is InChI=1S/C17H22N2O4S/c1-13(2)11-18-17(20)19-12-16(15-9-6-10-23-15)24(21,22)14-7-4-3-5-8-14/h3-10,13,16H,11-12H2,1-2H3,(H2,18,19,20). The lowest BCUT2D eigenvalue weighted by atomic mass is 10.2. The fourth-order valence-corrected chi connectivity index (χ4v) is 3.76. The van der Waals surface area contributed by atoms with Crippen LogP contribution >= 0.6 is 0 Å². The first-order chi connectivity index (χ1) is 11.4. The van der Waals surface area contributed by atoms with E-state index in [1.54, 1.807) is 30.3 Å². The van der Waals surface area contributed by atoms with Crippen LogP contribution in [0.1, 0.15) is 24.9 Å². The molecule has 0 saturated carbocycles. The fourth-order valence-electron chi connectivity index (χ4n) is 2.16. The number of rotatable bonds is 7. The van der Waals surface area contributed by atoms with Crippen LogP contribution in [0.15, 0.2) is 58.0 Å². The molecule has 0 fully saturated rings. The van der Waals surface area contributed by atoms with Crippen LogP contribution in [0.5, 0.6) is 0 Å². The molecule has 2 amide bonds. The zero-order chi connectivity index (χ0) is 17.6. The van der Waals surface area contributed by atoms with Gasteiger partial charge in [0.1, 0.15) is 11.0 Å². The van der Waals surface area contributed by atoms with Crippen molar-refractivity contribution in [1.29, 1.82) is 0 Å². The van der Waals surface area contributed by atoms with Gasteiger partial charge in [0.25, 0.3) is 0 Å². The zero-order valence-corrected chi connectivity index (χ0v) is 14.5. The minimum atomic E-state index is -3.69. The van der Waals surface area contributed by atoms with Gasteiger partial charge in [0, 0.05) is 13.1 Å². The molecule has 0 spiro atoms. The second kappa shape index (κ2) is 8.01. The van der Waals surface area contributed by atoms with Crippen molar-refractivity contribution < 1.29 is 17.6 Å². The zero-order valence-electron chi connectivity index (χ0n) is 13.7. The normalized spacial score (nSPS) is 12.8. The van der Waals surface area contributed by atoms with Gasteiger partial charge in [0.05, 0.1) is 11.2 Å². The second-order valence-corrected chi connectivity index (χ2v) is 7.98. The minimum absolute atomic E-state index is 0.0747. The van der Waals surface area contributed by atoms with E-state index in [0.29, 0.717) is 18.2 Å². The summed E-state index contributed by atoms with van der Waals surface area (Å²) in [6.45, 7) is 4.40. The van der Waals surface area contributed by atoms with E-state index in [4.69, 9.17) is 4.42 Å². The van der Waals surface area contributed by atoms with E-state index in [-0.39, 0.29) is 11.4 Å². The molecule has 2 rings (SSSR count). The molecule has 2 aromatic rings. The smallest absolute Gasteiger partial charge is 0.314 e. The van der Waals surface area contributed by atoms with Crippen molar-refractivity contribution in [3.05, 3.63) is 54.5 Å². The third-order valence-electron chi connectivity index (χ3n) is 3.43. The lowest BCUT2D eigenvalue weighted by Crippen LogP contribution is -2.40. The summed E-state index contributed by atoms with van der Waals surface area (Å²) in [6, 6.07) is 11.0. The maximum absolute atomic E-state index is 12.9. The van der Waals surface area contributed by atoms with E-state index in [9.17, 15) is 13.2 Å². The summed E-state index contributed by atoms with van der Waals surface area (Å²) in [4.78, 5) is 12.0. The van der Waals surface area contributed by atoms with E-state index in [1.165, 1.54) is 18.4 Å². The third-order valence-corrected chi connectivity index (χ3v) is 5.50. The Labute approximate surface area is 142 Å². The van der Waals surface area contributed by atoms with Gasteiger partial charge in [-0.25, -0.2) is 13.2 Å². The van der Waals surface area contributed by atoms with Crippen LogP contribution < -0.4 is 10.6 Å². The predicted molar refractivity (Wildman–Crippen MR) is 91.3 cm³/mol. The summed E-state index contributed by atoms with van der Waals surface area (Å²) in [6.07, 6.45) is 1.42. The van der Waals surface area contributed by atoms with Crippen molar-refractivity contribution in [2.24, 2.45) is 5.92 Å². The molecule has 6 nitrogen and oxygen atoms in total. The highest BCUT2D eigenvalue weighted by molar-refractivity contribution is 7.91. The first-order valence-electron chi connectivity index (χ1n) is 7.75. The quantitative estimate of drug-likeness (QED) is 0.804. The van der Waals surface area contributed by atoms with Gasteiger partial charge in [-0.2, -0.15) is 0 Å². The van der Waals surface area contributed by atoms with Crippen LogP contribution in [-0.2, 0) is 9.84 Å². The third kappa shape index (κ3) is 4.61. The predicted octanol–water partition coefficient (Wildman–Crippen LogP) is 2.75. The Hall–Kier alpha value is -2.28. The van der Waals surface area contributed by atoms with E-state index in [1.807, 2.05) is 13.8 Å². The van der Waals surface area contributed by atoms with Gasteiger partial charge >= 0.3 is 6.03 Å². The molecule has 1 unspecified atom stereocenters. The summed E-state index contributed by atoms with van der Waals surface area (Å²) < 4.78 is 31.0. The molecule has 0 aliphatic heterocycles. The number of carbonyl (C=O) groups excluding carboxylic acids is 1. The molecular formula is C17H22N2O4S. The summed E-state index contributed by atoms with van der Waals surface area (Å²) in [5.41, 5.74) is 0. The second-order valence-electron chi connectivity index (χ2n) is 5.85. The van der Waals surface area contributed by atoms with E-state index in [2.05, 4.69) is 10.6 Å². The topological polar surface area (TPSA) is 88.4 Å². The molecule has 2 N–H and O–H groups in total. The first kappa shape index (κ1) is 18.1. The highest BCUT2D eigenvalue weighted by Crippen LogP contribution is 2.28. The Morgan fingerprint density at radius 1 is 1.04 bits per heavy atom. The van der Waals surface area contributed by atoms with Crippen molar-refractivity contribution in [2.75, 3.05) is 13.1 Å². The van der Waals surface area contributed by atoms with Crippen molar-refractivity contribution in [1.82, 2.24) is 10.6 Å². The van der Waals surface area contributed by atoms with E-state index < -0.39 is 21.1 Å². The van der Waals surface area contributed by atoms with Gasteiger partial charge < -0.3 is 15.1 Å². The monoisotopic (exact) mass is 350 g/mol. The minimum Gasteiger partial charge on any atom is -0.468 e.